The molecule has 9 heteroatoms. The molecule has 3 N–H and O–H groups in total. The second-order valence-electron chi connectivity index (χ2n) is 12.8. The number of nitrogens with one attached hydrogen (secondary N) is 2. The zero-order chi connectivity index (χ0) is 27.4. The van der Waals surface area contributed by atoms with Gasteiger partial charge in [-0.05, 0) is 105 Å². The summed E-state index contributed by atoms with van der Waals surface area (Å²) in [5, 5.41) is 13.5. The minimum absolute atomic E-state index is 0.155. The minimum Gasteiger partial charge on any atom is -0.385 e. The lowest BCUT2D eigenvalue weighted by Crippen LogP contribution is -2.41. The summed E-state index contributed by atoms with van der Waals surface area (Å²) in [5.41, 5.74) is 3.51. The third kappa shape index (κ3) is 6.00. The van der Waals surface area contributed by atoms with E-state index < -0.39 is 29.8 Å². The molecule has 0 bridgehead atoms. The Morgan fingerprint density at radius 2 is 1.81 bits per heavy atom. The average molecular weight is 562 g/mol. The molecule has 2 atom stereocenters. The molecule has 0 aliphatic heterocycles. The number of aliphatic hydroxyl groups is 1. The normalized spacial score (nSPS) is 18.6. The maximum absolute atomic E-state index is 14.6. The number of carbonyl (C=O) groups is 1. The van der Waals surface area contributed by atoms with Crippen molar-refractivity contribution in [2.24, 2.45) is 9.95 Å². The number of urea groups is 1. The van der Waals surface area contributed by atoms with E-state index >= 15 is 0 Å². The summed E-state index contributed by atoms with van der Waals surface area (Å²) in [6.07, 6.45) is 5.51. The van der Waals surface area contributed by atoms with Crippen LogP contribution in [0, 0.1) is 5.92 Å². The largest absolute Gasteiger partial charge is 0.385 e. The van der Waals surface area contributed by atoms with Crippen molar-refractivity contribution in [1.29, 1.82) is 0 Å². The highest BCUT2D eigenvalue weighted by Gasteiger charge is 2.39. The quantitative estimate of drug-likeness (QED) is 0.305. The number of aryl methyl sites for hydroxylation is 1. The van der Waals surface area contributed by atoms with Crippen molar-refractivity contribution >= 4 is 41.2 Å². The first-order valence-corrected chi connectivity index (χ1v) is 18.6. The number of thiophene rings is 1. The molecule has 2 amide bonds. The Hall–Kier alpha value is -1.68. The topological polar surface area (TPSA) is 90.8 Å². The highest BCUT2D eigenvalue weighted by Crippen LogP contribution is 2.46. The molecule has 2 aliphatic carbocycles. The Bertz CT molecular complexity index is 1310. The van der Waals surface area contributed by atoms with E-state index in [2.05, 4.69) is 63.0 Å². The molecule has 2 aromatic rings. The predicted octanol–water partition coefficient (Wildman–Crippen LogP) is 7.55. The monoisotopic (exact) mass is 561 g/mol. The summed E-state index contributed by atoms with van der Waals surface area (Å²) in [7, 11) is -5.71. The Balaban J connectivity index is 1.73. The fourth-order valence-electron chi connectivity index (χ4n) is 4.70. The summed E-state index contributed by atoms with van der Waals surface area (Å²) in [5.74, 6) is 1.03. The number of hydrogen-bond acceptors (Lipinski definition) is 5. The lowest BCUT2D eigenvalue weighted by atomic mass is 9.91. The third-order valence-corrected chi connectivity index (χ3v) is 18.0. The van der Waals surface area contributed by atoms with Crippen LogP contribution in [0.5, 0.6) is 0 Å². The lowest BCUT2D eigenvalue weighted by Gasteiger charge is -2.33. The fraction of sp³-hybridized carbons (Fsp3) is 0.607. The lowest BCUT2D eigenvalue weighted by molar-refractivity contribution is 0.0825. The molecule has 0 spiro atoms. The highest BCUT2D eigenvalue weighted by molar-refractivity contribution is 7.95. The second kappa shape index (κ2) is 9.81. The van der Waals surface area contributed by atoms with Crippen LogP contribution in [0.4, 0.5) is 10.5 Å². The number of fused-ring (bicyclic) bond motifs is 1. The van der Waals surface area contributed by atoms with Crippen molar-refractivity contribution in [2.45, 2.75) is 108 Å². The van der Waals surface area contributed by atoms with Crippen LogP contribution in [-0.4, -0.2) is 23.6 Å². The molecule has 1 aromatic heterocycles. The maximum Gasteiger partial charge on any atom is 0.331 e. The molecule has 1 aromatic carbocycles. The Kier molecular flexibility index (Phi) is 7.51. The van der Waals surface area contributed by atoms with Crippen molar-refractivity contribution in [2.75, 3.05) is 5.32 Å². The summed E-state index contributed by atoms with van der Waals surface area (Å²) in [6, 6.07) is 7.42. The van der Waals surface area contributed by atoms with E-state index in [0.717, 1.165) is 24.9 Å². The van der Waals surface area contributed by atoms with E-state index in [1.807, 2.05) is 0 Å². The standard InChI is InChI=1S/C28H43N3O3S2Si/c1-18(19-12-13-19)21-15-14-20-10-9-11-22(20)25(21)29-26(32)30-36(34,31-37(7,8)27(2,3)4)24-17-16-23(35-24)28(5,6)33/h14-19,33H,9-13H2,1-8H3,(H2,29,30,31,32,34). The highest BCUT2D eigenvalue weighted by atomic mass is 32.2. The molecule has 4 rings (SSSR count). The molecule has 1 heterocycles. The van der Waals surface area contributed by atoms with Crippen LogP contribution >= 0.6 is 11.3 Å². The Labute approximate surface area is 228 Å². The minimum atomic E-state index is -3.29. The van der Waals surface area contributed by atoms with Crippen molar-refractivity contribution in [3.63, 3.8) is 0 Å². The van der Waals surface area contributed by atoms with Gasteiger partial charge in [-0.3, -0.25) is 4.03 Å². The summed E-state index contributed by atoms with van der Waals surface area (Å²) < 4.78 is 22.8. The molecule has 0 radical (unpaired) electrons. The first-order chi connectivity index (χ1) is 17.0. The molecular weight excluding hydrogens is 519 g/mol. The number of anilines is 1. The van der Waals surface area contributed by atoms with Crippen LogP contribution in [-0.2, 0) is 28.4 Å². The number of carbonyl (C=O) groups excluding carboxylic acids is 1. The van der Waals surface area contributed by atoms with Gasteiger partial charge in [-0.1, -0.05) is 39.8 Å². The van der Waals surface area contributed by atoms with Crippen LogP contribution in [0.2, 0.25) is 18.1 Å². The van der Waals surface area contributed by atoms with Gasteiger partial charge < -0.3 is 10.4 Å². The fourth-order valence-corrected chi connectivity index (χ4v) is 11.5. The third-order valence-electron chi connectivity index (χ3n) is 8.25. The van der Waals surface area contributed by atoms with Gasteiger partial charge >= 0.3 is 6.03 Å². The van der Waals surface area contributed by atoms with Crippen molar-refractivity contribution in [1.82, 2.24) is 4.72 Å². The van der Waals surface area contributed by atoms with Crippen molar-refractivity contribution < 1.29 is 14.1 Å². The van der Waals surface area contributed by atoms with E-state index in [0.29, 0.717) is 20.9 Å². The van der Waals surface area contributed by atoms with Crippen molar-refractivity contribution in [3.05, 3.63) is 45.8 Å². The molecule has 1 fully saturated rings. The first kappa shape index (κ1) is 28.3. The van der Waals surface area contributed by atoms with Crippen LogP contribution in [0.25, 0.3) is 0 Å². The zero-order valence-corrected chi connectivity index (χ0v) is 26.2. The molecule has 1 saturated carbocycles. The summed E-state index contributed by atoms with van der Waals surface area (Å²) in [4.78, 5) is 14.3. The molecule has 204 valence electrons. The Morgan fingerprint density at radius 3 is 2.38 bits per heavy atom. The van der Waals surface area contributed by atoms with Gasteiger partial charge in [0.2, 0.25) is 0 Å². The molecule has 6 nitrogen and oxygen atoms in total. The van der Waals surface area contributed by atoms with Crippen molar-refractivity contribution in [3.8, 4) is 0 Å². The van der Waals surface area contributed by atoms with E-state index in [-0.39, 0.29) is 5.04 Å². The number of benzene rings is 1. The number of rotatable bonds is 7. The first-order valence-electron chi connectivity index (χ1n) is 13.4. The number of amides is 2. The smallest absolute Gasteiger partial charge is 0.331 e. The molecular formula is C28H43N3O3S2Si. The average Bonchev–Trinajstić information content (AvgIpc) is 3.27. The number of nitrogens with zero attached hydrogens (tertiary/aromatic N) is 1. The number of hydrogen-bond donors (Lipinski definition) is 3. The van der Waals surface area contributed by atoms with E-state index in [1.165, 1.54) is 40.9 Å². The van der Waals surface area contributed by atoms with E-state index in [4.69, 9.17) is 4.03 Å². The molecule has 2 aliphatic rings. The van der Waals surface area contributed by atoms with Gasteiger partial charge in [0.1, 0.15) is 4.21 Å². The van der Waals surface area contributed by atoms with Gasteiger partial charge in [0.25, 0.3) is 0 Å². The molecule has 0 saturated heterocycles. The van der Waals surface area contributed by atoms with Crippen LogP contribution in [0.1, 0.15) is 88.3 Å². The van der Waals surface area contributed by atoms with Gasteiger partial charge in [0, 0.05) is 10.6 Å². The van der Waals surface area contributed by atoms with Crippen LogP contribution < -0.4 is 10.0 Å². The Morgan fingerprint density at radius 1 is 1.14 bits per heavy atom. The van der Waals surface area contributed by atoms with Crippen LogP contribution in [0.15, 0.2) is 32.5 Å². The maximum atomic E-state index is 14.6. The van der Waals surface area contributed by atoms with Gasteiger partial charge in [0.15, 0.2) is 18.2 Å². The summed E-state index contributed by atoms with van der Waals surface area (Å²) in [6.45, 7) is 16.1. The van der Waals surface area contributed by atoms with Gasteiger partial charge in [-0.15, -0.1) is 11.3 Å². The predicted molar refractivity (Wildman–Crippen MR) is 157 cm³/mol. The van der Waals surface area contributed by atoms with Gasteiger partial charge in [-0.2, -0.15) is 0 Å². The summed E-state index contributed by atoms with van der Waals surface area (Å²) >= 11 is 1.25. The van der Waals surface area contributed by atoms with E-state index in [9.17, 15) is 14.1 Å². The SMILES string of the molecule is CC(c1ccc2c(c1NC(=O)NS(=O)(=N[Si](C)(C)C(C)(C)C)c1ccc(C(C)(C)O)s1)CCC2)C1CC1. The van der Waals surface area contributed by atoms with Crippen LogP contribution in [0.3, 0.4) is 0 Å². The van der Waals surface area contributed by atoms with Gasteiger partial charge in [0.05, 0.1) is 5.60 Å². The molecule has 37 heavy (non-hydrogen) atoms. The zero-order valence-electron chi connectivity index (χ0n) is 23.5. The second-order valence-corrected chi connectivity index (χ2v) is 21.2. The van der Waals surface area contributed by atoms with Gasteiger partial charge in [-0.25, -0.2) is 13.7 Å². The molecule has 2 unspecified atom stereocenters. The van der Waals surface area contributed by atoms with E-state index in [1.54, 1.807) is 26.0 Å².